The molecule has 1 atom stereocenters. The normalized spacial score (nSPS) is 14.0. The number of esters is 1. The Bertz CT molecular complexity index is 833. The maximum absolute atomic E-state index is 12.4. The van der Waals surface area contributed by atoms with Crippen LogP contribution in [0, 0.1) is 6.92 Å². The van der Waals surface area contributed by atoms with Crippen molar-refractivity contribution in [1.82, 2.24) is 15.5 Å². The first-order valence-electron chi connectivity index (χ1n) is 8.87. The zero-order valence-electron chi connectivity index (χ0n) is 16.2. The molecule has 0 fully saturated rings. The lowest BCUT2D eigenvalue weighted by molar-refractivity contribution is -0.154. The zero-order valence-corrected chi connectivity index (χ0v) is 16.2. The number of carbonyl (C=O) groups excluding carboxylic acids is 5. The van der Waals surface area contributed by atoms with Crippen molar-refractivity contribution < 1.29 is 28.7 Å². The van der Waals surface area contributed by atoms with Crippen molar-refractivity contribution in [3.8, 4) is 0 Å². The number of hydrogen-bond acceptors (Lipinski definition) is 6. The average molecular weight is 389 g/mol. The van der Waals surface area contributed by atoms with Crippen LogP contribution in [0.3, 0.4) is 0 Å². The largest absolute Gasteiger partial charge is 0.452 e. The molecule has 1 unspecified atom stereocenters. The maximum atomic E-state index is 12.4. The smallest absolute Gasteiger partial charge is 0.321 e. The molecule has 1 heterocycles. The number of ether oxygens (including phenoxy) is 1. The summed E-state index contributed by atoms with van der Waals surface area (Å²) in [6, 6.07) is 4.09. The lowest BCUT2D eigenvalue weighted by Crippen LogP contribution is -2.46. The number of rotatable bonds is 6. The van der Waals surface area contributed by atoms with Crippen molar-refractivity contribution in [2.75, 3.05) is 6.54 Å². The molecular weight excluding hydrogens is 366 g/mol. The highest BCUT2D eigenvalue weighted by Crippen LogP contribution is 2.24. The molecule has 5 amide bonds. The van der Waals surface area contributed by atoms with E-state index in [9.17, 15) is 24.0 Å². The summed E-state index contributed by atoms with van der Waals surface area (Å²) >= 11 is 0. The van der Waals surface area contributed by atoms with E-state index in [1.165, 1.54) is 6.92 Å². The van der Waals surface area contributed by atoms with Gasteiger partial charge in [0.2, 0.25) is 0 Å². The van der Waals surface area contributed by atoms with Gasteiger partial charge in [0.25, 0.3) is 17.7 Å². The molecule has 2 rings (SSSR count). The summed E-state index contributed by atoms with van der Waals surface area (Å²) in [6.45, 7) is 6.43. The van der Waals surface area contributed by atoms with Crippen LogP contribution in [0.2, 0.25) is 0 Å². The minimum Gasteiger partial charge on any atom is -0.452 e. The monoisotopic (exact) mass is 389 g/mol. The highest BCUT2D eigenvalue weighted by atomic mass is 16.5. The molecule has 1 aromatic carbocycles. The summed E-state index contributed by atoms with van der Waals surface area (Å²) in [6.07, 6.45) is -1.46. The number of amides is 5. The van der Waals surface area contributed by atoms with Gasteiger partial charge in [-0.2, -0.15) is 0 Å². The summed E-state index contributed by atoms with van der Waals surface area (Å²) in [4.78, 5) is 61.0. The second-order valence-corrected chi connectivity index (χ2v) is 6.81. The summed E-state index contributed by atoms with van der Waals surface area (Å²) in [5.74, 6) is -2.47. The zero-order chi connectivity index (χ0) is 21.0. The van der Waals surface area contributed by atoms with E-state index in [-0.39, 0.29) is 19.0 Å². The summed E-state index contributed by atoms with van der Waals surface area (Å²) in [7, 11) is 0. The van der Waals surface area contributed by atoms with E-state index < -0.39 is 35.8 Å². The van der Waals surface area contributed by atoms with Crippen LogP contribution in [0.15, 0.2) is 18.2 Å². The first kappa shape index (κ1) is 21.1. The topological polar surface area (TPSA) is 122 Å². The molecule has 9 heteroatoms. The van der Waals surface area contributed by atoms with Gasteiger partial charge in [-0.1, -0.05) is 11.6 Å². The van der Waals surface area contributed by atoms with E-state index in [4.69, 9.17) is 4.74 Å². The number of benzene rings is 1. The molecule has 9 nitrogen and oxygen atoms in total. The van der Waals surface area contributed by atoms with Gasteiger partial charge >= 0.3 is 12.0 Å². The molecule has 0 radical (unpaired) electrons. The number of nitrogens with one attached hydrogen (secondary N) is 2. The Balaban J connectivity index is 1.86. The SMILES string of the molecule is Cc1ccc2c(c1)C(=O)N(CCC(=O)OC(C)C(=O)NC(=O)NC(C)C)C2=O. The molecule has 0 aromatic heterocycles. The summed E-state index contributed by atoms with van der Waals surface area (Å²) < 4.78 is 4.96. The number of carbonyl (C=O) groups is 5. The number of hydrogen-bond donors (Lipinski definition) is 2. The van der Waals surface area contributed by atoms with E-state index in [1.54, 1.807) is 32.0 Å². The van der Waals surface area contributed by atoms with Gasteiger partial charge in [-0.15, -0.1) is 0 Å². The third-order valence-electron chi connectivity index (χ3n) is 4.00. The lowest BCUT2D eigenvalue weighted by atomic mass is 10.1. The van der Waals surface area contributed by atoms with Crippen LogP contribution in [0.5, 0.6) is 0 Å². The molecule has 1 aromatic rings. The van der Waals surface area contributed by atoms with Crippen molar-refractivity contribution in [2.45, 2.75) is 46.3 Å². The Kier molecular flexibility index (Phi) is 6.50. The average Bonchev–Trinajstić information content (AvgIpc) is 2.82. The van der Waals surface area contributed by atoms with E-state index in [0.717, 1.165) is 10.5 Å². The standard InChI is InChI=1S/C19H23N3O6/c1-10(2)20-19(27)21-16(24)12(4)28-15(23)7-8-22-17(25)13-6-5-11(3)9-14(13)18(22)26/h5-6,9-10,12H,7-8H2,1-4H3,(H2,20,21,24,27). The van der Waals surface area contributed by atoms with Gasteiger partial charge in [-0.3, -0.25) is 29.4 Å². The van der Waals surface area contributed by atoms with Crippen LogP contribution in [-0.2, 0) is 14.3 Å². The Morgan fingerprint density at radius 2 is 1.71 bits per heavy atom. The van der Waals surface area contributed by atoms with Crippen LogP contribution < -0.4 is 10.6 Å². The van der Waals surface area contributed by atoms with E-state index in [2.05, 4.69) is 10.6 Å². The first-order chi connectivity index (χ1) is 13.1. The molecule has 0 aliphatic carbocycles. The quantitative estimate of drug-likeness (QED) is 0.556. The molecule has 1 aliphatic heterocycles. The molecule has 1 aliphatic rings. The number of imide groups is 2. The van der Waals surface area contributed by atoms with Crippen molar-refractivity contribution >= 4 is 29.7 Å². The maximum Gasteiger partial charge on any atom is 0.321 e. The molecule has 0 saturated carbocycles. The Hall–Kier alpha value is -3.23. The first-order valence-corrected chi connectivity index (χ1v) is 8.87. The predicted molar refractivity (Wildman–Crippen MR) is 98.5 cm³/mol. The van der Waals surface area contributed by atoms with Crippen molar-refractivity contribution in [3.05, 3.63) is 34.9 Å². The van der Waals surface area contributed by atoms with Gasteiger partial charge in [0.15, 0.2) is 6.10 Å². The van der Waals surface area contributed by atoms with Crippen LogP contribution in [0.4, 0.5) is 4.79 Å². The minimum atomic E-state index is -1.20. The van der Waals surface area contributed by atoms with Gasteiger partial charge in [0.1, 0.15) is 0 Å². The van der Waals surface area contributed by atoms with Crippen LogP contribution >= 0.6 is 0 Å². The summed E-state index contributed by atoms with van der Waals surface area (Å²) in [5.41, 5.74) is 1.46. The van der Waals surface area contributed by atoms with Gasteiger partial charge in [0, 0.05) is 12.6 Å². The molecule has 150 valence electrons. The van der Waals surface area contributed by atoms with E-state index >= 15 is 0 Å². The molecular formula is C19H23N3O6. The fourth-order valence-electron chi connectivity index (χ4n) is 2.63. The fraction of sp³-hybridized carbons (Fsp3) is 0.421. The fourth-order valence-corrected chi connectivity index (χ4v) is 2.63. The predicted octanol–water partition coefficient (Wildman–Crippen LogP) is 1.15. The van der Waals surface area contributed by atoms with E-state index in [0.29, 0.717) is 11.1 Å². The minimum absolute atomic E-state index is 0.158. The molecule has 0 spiro atoms. The number of nitrogens with zero attached hydrogens (tertiary/aromatic N) is 1. The van der Waals surface area contributed by atoms with Crippen molar-refractivity contribution in [1.29, 1.82) is 0 Å². The van der Waals surface area contributed by atoms with Gasteiger partial charge < -0.3 is 10.1 Å². The molecule has 2 N–H and O–H groups in total. The highest BCUT2D eigenvalue weighted by Gasteiger charge is 2.35. The van der Waals surface area contributed by atoms with Gasteiger partial charge in [-0.05, 0) is 39.8 Å². The number of urea groups is 1. The second kappa shape index (κ2) is 8.64. The Morgan fingerprint density at radius 1 is 1.07 bits per heavy atom. The Labute approximate surface area is 162 Å². The Morgan fingerprint density at radius 3 is 2.36 bits per heavy atom. The number of aryl methyl sites for hydroxylation is 1. The van der Waals surface area contributed by atoms with Gasteiger partial charge in [0.05, 0.1) is 17.5 Å². The van der Waals surface area contributed by atoms with Crippen LogP contribution in [0.1, 0.15) is 53.5 Å². The van der Waals surface area contributed by atoms with Crippen LogP contribution in [0.25, 0.3) is 0 Å². The lowest BCUT2D eigenvalue weighted by Gasteiger charge is -2.16. The van der Waals surface area contributed by atoms with Crippen LogP contribution in [-0.4, -0.2) is 53.3 Å². The number of fused-ring (bicyclic) bond motifs is 1. The third-order valence-corrected chi connectivity index (χ3v) is 4.00. The van der Waals surface area contributed by atoms with E-state index in [1.807, 2.05) is 6.92 Å². The van der Waals surface area contributed by atoms with Crippen molar-refractivity contribution in [2.24, 2.45) is 0 Å². The molecule has 28 heavy (non-hydrogen) atoms. The van der Waals surface area contributed by atoms with Gasteiger partial charge in [-0.25, -0.2) is 4.79 Å². The summed E-state index contributed by atoms with van der Waals surface area (Å²) in [5, 5.41) is 4.53. The second-order valence-electron chi connectivity index (χ2n) is 6.81. The van der Waals surface area contributed by atoms with Crippen molar-refractivity contribution in [3.63, 3.8) is 0 Å². The molecule has 0 saturated heterocycles. The third kappa shape index (κ3) is 4.93. The molecule has 0 bridgehead atoms. The highest BCUT2D eigenvalue weighted by molar-refractivity contribution is 6.21.